The molecule has 2 aromatic rings. The Labute approximate surface area is 172 Å². The van der Waals surface area contributed by atoms with Crippen molar-refractivity contribution in [1.82, 2.24) is 5.32 Å². The monoisotopic (exact) mass is 407 g/mol. The molecule has 2 saturated heterocycles. The molecule has 2 fully saturated rings. The van der Waals surface area contributed by atoms with E-state index in [1.807, 2.05) is 12.2 Å². The van der Waals surface area contributed by atoms with Gasteiger partial charge in [0.05, 0.1) is 37.3 Å². The molecule has 3 aliphatic rings. The summed E-state index contributed by atoms with van der Waals surface area (Å²) in [6.45, 7) is 2.06. The van der Waals surface area contributed by atoms with Gasteiger partial charge in [-0.3, -0.25) is 14.4 Å². The number of hydrogen-bond acceptors (Lipinski definition) is 5. The van der Waals surface area contributed by atoms with Crippen LogP contribution in [0.25, 0.3) is 0 Å². The van der Waals surface area contributed by atoms with Gasteiger partial charge in [-0.05, 0) is 36.4 Å². The van der Waals surface area contributed by atoms with Crippen LogP contribution in [0.5, 0.6) is 0 Å². The fourth-order valence-electron chi connectivity index (χ4n) is 4.65. The summed E-state index contributed by atoms with van der Waals surface area (Å²) in [7, 11) is 0. The van der Waals surface area contributed by atoms with Gasteiger partial charge in [0.25, 0.3) is 0 Å². The highest BCUT2D eigenvalue weighted by Crippen LogP contribution is 2.52. The van der Waals surface area contributed by atoms with Gasteiger partial charge in [0.2, 0.25) is 17.7 Å². The average Bonchev–Trinajstić information content (AvgIpc) is 3.48. The Hall–Kier alpha value is -3.39. The second-order valence-electron chi connectivity index (χ2n) is 7.85. The Morgan fingerprint density at radius 1 is 1.23 bits per heavy atom. The summed E-state index contributed by atoms with van der Waals surface area (Å²) in [5.41, 5.74) is 0.571. The molecule has 4 atom stereocenters. The molecule has 30 heavy (non-hydrogen) atoms. The van der Waals surface area contributed by atoms with Gasteiger partial charge in [0, 0.05) is 18.3 Å². The summed E-state index contributed by atoms with van der Waals surface area (Å²) < 4.78 is 11.4. The first-order chi connectivity index (χ1) is 14.5. The third-order valence-corrected chi connectivity index (χ3v) is 5.92. The number of nitrogens with one attached hydrogen (secondary N) is 2. The molecule has 3 unspecified atom stereocenters. The number of rotatable bonds is 5. The predicted octanol–water partition coefficient (Wildman–Crippen LogP) is 1.84. The molecule has 5 rings (SSSR count). The maximum Gasteiger partial charge on any atom is 0.234 e. The molecular formula is C22H21N3O5. The third-order valence-electron chi connectivity index (χ3n) is 5.92. The Morgan fingerprint density at radius 2 is 2.03 bits per heavy atom. The largest absolute Gasteiger partial charge is 0.467 e. The van der Waals surface area contributed by atoms with Gasteiger partial charge in [-0.15, -0.1) is 0 Å². The predicted molar refractivity (Wildman–Crippen MR) is 107 cm³/mol. The van der Waals surface area contributed by atoms with Crippen LogP contribution in [0.2, 0.25) is 0 Å². The summed E-state index contributed by atoms with van der Waals surface area (Å²) in [6, 6.07) is 10.6. The number of carbonyl (C=O) groups is 3. The lowest BCUT2D eigenvalue weighted by Crippen LogP contribution is -2.43. The molecule has 0 radical (unpaired) electrons. The topological polar surface area (TPSA) is 101 Å². The fraction of sp³-hybridized carbons (Fsp3) is 0.318. The lowest BCUT2D eigenvalue weighted by atomic mass is 9.77. The minimum Gasteiger partial charge on any atom is -0.467 e. The first-order valence-corrected chi connectivity index (χ1v) is 9.83. The maximum atomic E-state index is 13.3. The Kier molecular flexibility index (Phi) is 4.25. The zero-order valence-corrected chi connectivity index (χ0v) is 16.3. The van der Waals surface area contributed by atoms with Crippen LogP contribution in [0.4, 0.5) is 11.4 Å². The summed E-state index contributed by atoms with van der Waals surface area (Å²) in [6.07, 6.45) is 4.95. The van der Waals surface area contributed by atoms with E-state index in [0.717, 1.165) is 0 Å². The van der Waals surface area contributed by atoms with E-state index in [2.05, 4.69) is 10.6 Å². The quantitative estimate of drug-likeness (QED) is 0.737. The molecule has 0 saturated carbocycles. The molecular weight excluding hydrogens is 386 g/mol. The van der Waals surface area contributed by atoms with E-state index in [0.29, 0.717) is 23.7 Å². The number of ether oxygens (including phenoxy) is 1. The minimum absolute atomic E-state index is 0.132. The van der Waals surface area contributed by atoms with E-state index in [-0.39, 0.29) is 24.3 Å². The van der Waals surface area contributed by atoms with Crippen LogP contribution in [0.1, 0.15) is 12.7 Å². The van der Waals surface area contributed by atoms with Crippen LogP contribution in [0.3, 0.4) is 0 Å². The van der Waals surface area contributed by atoms with Crippen LogP contribution in [0, 0.1) is 11.8 Å². The van der Waals surface area contributed by atoms with Crippen molar-refractivity contribution in [1.29, 1.82) is 0 Å². The van der Waals surface area contributed by atoms with Gasteiger partial charge in [-0.25, -0.2) is 0 Å². The van der Waals surface area contributed by atoms with Crippen LogP contribution in [-0.2, 0) is 25.7 Å². The SMILES string of the molecule is CC(=O)Nc1ccc(N2CC34C=C[C@@H](O3)C(C(=O)NCc3ccco3)C4C2=O)cc1. The van der Waals surface area contributed by atoms with E-state index in [4.69, 9.17) is 9.15 Å². The maximum absolute atomic E-state index is 13.3. The Morgan fingerprint density at radius 3 is 2.73 bits per heavy atom. The van der Waals surface area contributed by atoms with Crippen molar-refractivity contribution >= 4 is 29.1 Å². The number of carbonyl (C=O) groups excluding carboxylic acids is 3. The molecule has 3 amide bonds. The average molecular weight is 407 g/mol. The second-order valence-corrected chi connectivity index (χ2v) is 7.85. The summed E-state index contributed by atoms with van der Waals surface area (Å²) in [4.78, 5) is 39.1. The lowest BCUT2D eigenvalue weighted by molar-refractivity contribution is -0.132. The van der Waals surface area contributed by atoms with Crippen LogP contribution in [-0.4, -0.2) is 36.0 Å². The number of benzene rings is 1. The molecule has 154 valence electrons. The molecule has 1 spiro atoms. The van der Waals surface area contributed by atoms with Crippen molar-refractivity contribution in [3.05, 3.63) is 60.6 Å². The molecule has 1 aromatic carbocycles. The molecule has 0 aliphatic carbocycles. The van der Waals surface area contributed by atoms with E-state index < -0.39 is 23.5 Å². The molecule has 3 aliphatic heterocycles. The molecule has 2 N–H and O–H groups in total. The zero-order chi connectivity index (χ0) is 20.9. The summed E-state index contributed by atoms with van der Waals surface area (Å²) in [5, 5.41) is 5.57. The molecule has 8 nitrogen and oxygen atoms in total. The van der Waals surface area contributed by atoms with Gasteiger partial charge < -0.3 is 24.7 Å². The highest BCUT2D eigenvalue weighted by Gasteiger charge is 2.67. The third kappa shape index (κ3) is 2.91. The van der Waals surface area contributed by atoms with Crippen molar-refractivity contribution in [2.45, 2.75) is 25.2 Å². The Bertz CT molecular complexity index is 1030. The number of fused-ring (bicyclic) bond motifs is 1. The lowest BCUT2D eigenvalue weighted by Gasteiger charge is -2.23. The highest BCUT2D eigenvalue weighted by atomic mass is 16.5. The fourth-order valence-corrected chi connectivity index (χ4v) is 4.65. The number of nitrogens with zero attached hydrogens (tertiary/aromatic N) is 1. The van der Waals surface area contributed by atoms with Crippen molar-refractivity contribution in [2.24, 2.45) is 11.8 Å². The van der Waals surface area contributed by atoms with E-state index in [9.17, 15) is 14.4 Å². The minimum atomic E-state index is -0.787. The van der Waals surface area contributed by atoms with Gasteiger partial charge in [0.1, 0.15) is 11.4 Å². The molecule has 1 aromatic heterocycles. The van der Waals surface area contributed by atoms with E-state index in [1.165, 1.54) is 6.92 Å². The molecule has 2 bridgehead atoms. The van der Waals surface area contributed by atoms with Crippen LogP contribution >= 0.6 is 0 Å². The standard InChI is InChI=1S/C22H21N3O5/c1-13(26)24-14-4-6-15(7-5-14)25-12-22-9-8-17(30-22)18(19(22)21(25)28)20(27)23-11-16-3-2-10-29-16/h2-10,17-19H,11-12H2,1H3,(H,23,27)(H,24,26)/t17-,18?,19?,22?/m1/s1. The number of amides is 3. The molecule has 8 heteroatoms. The van der Waals surface area contributed by atoms with E-state index >= 15 is 0 Å². The van der Waals surface area contributed by atoms with Gasteiger partial charge >= 0.3 is 0 Å². The number of furan rings is 1. The molecule has 4 heterocycles. The van der Waals surface area contributed by atoms with Crippen molar-refractivity contribution in [3.63, 3.8) is 0 Å². The number of hydrogen-bond donors (Lipinski definition) is 2. The zero-order valence-electron chi connectivity index (χ0n) is 16.3. The van der Waals surface area contributed by atoms with Crippen molar-refractivity contribution < 1.29 is 23.5 Å². The smallest absolute Gasteiger partial charge is 0.234 e. The highest BCUT2D eigenvalue weighted by molar-refractivity contribution is 6.03. The first kappa shape index (κ1) is 18.6. The summed E-state index contributed by atoms with van der Waals surface area (Å²) >= 11 is 0. The second kappa shape index (κ2) is 6.84. The van der Waals surface area contributed by atoms with Crippen LogP contribution < -0.4 is 15.5 Å². The Balaban J connectivity index is 1.35. The van der Waals surface area contributed by atoms with E-state index in [1.54, 1.807) is 47.6 Å². The van der Waals surface area contributed by atoms with Gasteiger partial charge in [-0.2, -0.15) is 0 Å². The van der Waals surface area contributed by atoms with Crippen LogP contribution in [0.15, 0.2) is 59.2 Å². The van der Waals surface area contributed by atoms with Crippen molar-refractivity contribution in [2.75, 3.05) is 16.8 Å². The number of anilines is 2. The normalized spacial score (nSPS) is 28.6. The first-order valence-electron chi connectivity index (χ1n) is 9.83. The van der Waals surface area contributed by atoms with Crippen molar-refractivity contribution in [3.8, 4) is 0 Å². The summed E-state index contributed by atoms with van der Waals surface area (Å²) in [5.74, 6) is -1.01. The van der Waals surface area contributed by atoms with Gasteiger partial charge in [0.15, 0.2) is 0 Å². The van der Waals surface area contributed by atoms with Gasteiger partial charge in [-0.1, -0.05) is 12.2 Å².